The van der Waals surface area contributed by atoms with Gasteiger partial charge < -0.3 is 10.2 Å². The highest BCUT2D eigenvalue weighted by atomic mass is 32.2. The average Bonchev–Trinajstić information content (AvgIpc) is 2.25. The van der Waals surface area contributed by atoms with Crippen molar-refractivity contribution in [3.05, 3.63) is 0 Å². The lowest BCUT2D eigenvalue weighted by Crippen LogP contribution is -2.33. The predicted molar refractivity (Wildman–Crippen MR) is 62.6 cm³/mol. The Bertz CT molecular complexity index is 245. The quantitative estimate of drug-likeness (QED) is 0.777. The van der Waals surface area contributed by atoms with Gasteiger partial charge in [0, 0.05) is 5.25 Å². The molecule has 1 aliphatic rings. The molecule has 92 valence electrons. The Morgan fingerprint density at radius 3 is 2.00 bits per heavy atom. The highest BCUT2D eigenvalue weighted by Gasteiger charge is 2.36. The smallest absolute Gasteiger partial charge is 0.306 e. The molecule has 2 unspecified atom stereocenters. The summed E-state index contributed by atoms with van der Waals surface area (Å²) in [6.45, 7) is 2.07. The molecule has 2 N–H and O–H groups in total. The second kappa shape index (κ2) is 6.13. The van der Waals surface area contributed by atoms with E-state index in [4.69, 9.17) is 10.2 Å². The Labute approximate surface area is 99.4 Å². The minimum atomic E-state index is -0.854. The highest BCUT2D eigenvalue weighted by molar-refractivity contribution is 7.99. The molecule has 0 aromatic rings. The predicted octanol–water partition coefficient (Wildman–Crippen LogP) is 2.08. The summed E-state index contributed by atoms with van der Waals surface area (Å²) in [5, 5.41) is 18.1. The molecule has 2 atom stereocenters. The number of hydrogen-bond donors (Lipinski definition) is 2. The first kappa shape index (κ1) is 13.4. The van der Waals surface area contributed by atoms with Crippen LogP contribution in [0.25, 0.3) is 0 Å². The van der Waals surface area contributed by atoms with Crippen molar-refractivity contribution in [3.8, 4) is 0 Å². The fourth-order valence-electron chi connectivity index (χ4n) is 2.09. The van der Waals surface area contributed by atoms with Crippen LogP contribution in [0.4, 0.5) is 0 Å². The summed E-state index contributed by atoms with van der Waals surface area (Å²) < 4.78 is 0. The van der Waals surface area contributed by atoms with E-state index in [1.165, 1.54) is 0 Å². The minimum absolute atomic E-state index is 0.191. The summed E-state index contributed by atoms with van der Waals surface area (Å²) >= 11 is 1.71. The maximum atomic E-state index is 10.9. The van der Waals surface area contributed by atoms with Crippen molar-refractivity contribution in [1.29, 1.82) is 0 Å². The Balaban J connectivity index is 2.59. The highest BCUT2D eigenvalue weighted by Crippen LogP contribution is 2.36. The zero-order chi connectivity index (χ0) is 12.1. The third kappa shape index (κ3) is 3.70. The Kier molecular flexibility index (Phi) is 5.12. The SMILES string of the molecule is CCCSC1CC(C(=O)O)CC(C(=O)O)C1. The van der Waals surface area contributed by atoms with Crippen LogP contribution in [0.5, 0.6) is 0 Å². The molecule has 0 heterocycles. The first-order valence-corrected chi connectivity index (χ1v) is 6.66. The molecule has 0 aliphatic heterocycles. The summed E-state index contributed by atoms with van der Waals surface area (Å²) in [6, 6.07) is 0. The van der Waals surface area contributed by atoms with Gasteiger partial charge in [0.15, 0.2) is 0 Å². The Morgan fingerprint density at radius 1 is 1.12 bits per heavy atom. The van der Waals surface area contributed by atoms with E-state index in [0.29, 0.717) is 12.8 Å². The van der Waals surface area contributed by atoms with Crippen molar-refractivity contribution in [3.63, 3.8) is 0 Å². The molecule has 0 spiro atoms. The molecule has 16 heavy (non-hydrogen) atoms. The number of thioether (sulfide) groups is 1. The molecule has 0 aromatic carbocycles. The third-order valence-corrected chi connectivity index (χ3v) is 4.42. The van der Waals surface area contributed by atoms with E-state index in [9.17, 15) is 9.59 Å². The van der Waals surface area contributed by atoms with Crippen molar-refractivity contribution in [2.75, 3.05) is 5.75 Å². The minimum Gasteiger partial charge on any atom is -0.481 e. The fourth-order valence-corrected chi connectivity index (χ4v) is 3.40. The van der Waals surface area contributed by atoms with Crippen LogP contribution in [0.1, 0.15) is 32.6 Å². The zero-order valence-electron chi connectivity index (χ0n) is 9.39. The van der Waals surface area contributed by atoms with E-state index in [0.717, 1.165) is 12.2 Å². The summed E-state index contributed by atoms with van der Waals surface area (Å²) in [7, 11) is 0. The normalized spacial score (nSPS) is 29.9. The molecular formula is C11H18O4S. The van der Waals surface area contributed by atoms with Gasteiger partial charge in [-0.15, -0.1) is 0 Å². The van der Waals surface area contributed by atoms with Crippen molar-refractivity contribution in [1.82, 2.24) is 0 Å². The van der Waals surface area contributed by atoms with Crippen molar-refractivity contribution in [2.45, 2.75) is 37.9 Å². The number of rotatable bonds is 5. The molecule has 1 aliphatic carbocycles. The molecule has 1 saturated carbocycles. The molecule has 0 radical (unpaired) electrons. The van der Waals surface area contributed by atoms with Gasteiger partial charge in [-0.05, 0) is 31.4 Å². The van der Waals surface area contributed by atoms with E-state index < -0.39 is 23.8 Å². The summed E-state index contributed by atoms with van der Waals surface area (Å²) in [4.78, 5) is 21.9. The summed E-state index contributed by atoms with van der Waals surface area (Å²) in [5.74, 6) is -1.70. The van der Waals surface area contributed by atoms with E-state index in [1.807, 2.05) is 0 Å². The van der Waals surface area contributed by atoms with E-state index in [1.54, 1.807) is 11.8 Å². The van der Waals surface area contributed by atoms with Gasteiger partial charge in [-0.25, -0.2) is 0 Å². The largest absolute Gasteiger partial charge is 0.481 e. The molecule has 0 bridgehead atoms. The van der Waals surface area contributed by atoms with Gasteiger partial charge >= 0.3 is 11.9 Å². The van der Waals surface area contributed by atoms with Crippen LogP contribution in [-0.4, -0.2) is 33.2 Å². The van der Waals surface area contributed by atoms with Crippen LogP contribution < -0.4 is 0 Å². The van der Waals surface area contributed by atoms with E-state index in [2.05, 4.69) is 6.92 Å². The van der Waals surface area contributed by atoms with Gasteiger partial charge in [0.1, 0.15) is 0 Å². The summed E-state index contributed by atoms with van der Waals surface area (Å²) in [5.41, 5.74) is 0. The second-order valence-electron chi connectivity index (χ2n) is 4.27. The Hall–Kier alpha value is -0.710. The lowest BCUT2D eigenvalue weighted by Gasteiger charge is -2.30. The molecule has 4 nitrogen and oxygen atoms in total. The topological polar surface area (TPSA) is 74.6 Å². The average molecular weight is 246 g/mol. The number of carboxylic acid groups (broad SMARTS) is 2. The zero-order valence-corrected chi connectivity index (χ0v) is 10.2. The van der Waals surface area contributed by atoms with Crippen molar-refractivity contribution in [2.24, 2.45) is 11.8 Å². The Morgan fingerprint density at radius 2 is 1.62 bits per heavy atom. The van der Waals surface area contributed by atoms with E-state index in [-0.39, 0.29) is 11.7 Å². The molecule has 0 aromatic heterocycles. The first-order valence-electron chi connectivity index (χ1n) is 5.61. The molecule has 0 saturated heterocycles. The van der Waals surface area contributed by atoms with Crippen molar-refractivity contribution >= 4 is 23.7 Å². The van der Waals surface area contributed by atoms with Gasteiger partial charge in [-0.1, -0.05) is 6.92 Å². The third-order valence-electron chi connectivity index (χ3n) is 2.92. The van der Waals surface area contributed by atoms with Crippen molar-refractivity contribution < 1.29 is 19.8 Å². The van der Waals surface area contributed by atoms with Gasteiger partial charge in [0.05, 0.1) is 11.8 Å². The monoisotopic (exact) mass is 246 g/mol. The van der Waals surface area contributed by atoms with E-state index >= 15 is 0 Å². The molecule has 5 heteroatoms. The number of carboxylic acids is 2. The van der Waals surface area contributed by atoms with Crippen LogP contribution in [0.15, 0.2) is 0 Å². The lowest BCUT2D eigenvalue weighted by molar-refractivity contribution is -0.147. The molecule has 1 fully saturated rings. The van der Waals surface area contributed by atoms with Crippen LogP contribution in [0, 0.1) is 11.8 Å². The summed E-state index contributed by atoms with van der Waals surface area (Å²) in [6.07, 6.45) is 2.55. The van der Waals surface area contributed by atoms with Crippen LogP contribution in [0.2, 0.25) is 0 Å². The molecule has 0 amide bonds. The molecular weight excluding hydrogens is 228 g/mol. The van der Waals surface area contributed by atoms with Crippen LogP contribution in [-0.2, 0) is 9.59 Å². The molecule has 1 rings (SSSR count). The maximum Gasteiger partial charge on any atom is 0.306 e. The van der Waals surface area contributed by atoms with Crippen LogP contribution in [0.3, 0.4) is 0 Å². The number of carbonyl (C=O) groups is 2. The number of hydrogen-bond acceptors (Lipinski definition) is 3. The van der Waals surface area contributed by atoms with Crippen LogP contribution >= 0.6 is 11.8 Å². The lowest BCUT2D eigenvalue weighted by atomic mass is 9.81. The first-order chi connectivity index (χ1) is 7.54. The maximum absolute atomic E-state index is 10.9. The van der Waals surface area contributed by atoms with Gasteiger partial charge in [0.25, 0.3) is 0 Å². The van der Waals surface area contributed by atoms with Gasteiger partial charge in [-0.2, -0.15) is 11.8 Å². The standard InChI is InChI=1S/C11H18O4S/c1-2-3-16-9-5-7(10(12)13)4-8(6-9)11(14)15/h7-9H,2-6H2,1H3,(H,12,13)(H,14,15). The fraction of sp³-hybridized carbons (Fsp3) is 0.818. The second-order valence-corrected chi connectivity index (χ2v) is 5.68. The number of aliphatic carboxylic acids is 2. The van der Waals surface area contributed by atoms with Gasteiger partial charge in [0.2, 0.25) is 0 Å². The van der Waals surface area contributed by atoms with Gasteiger partial charge in [-0.3, -0.25) is 9.59 Å².